The van der Waals surface area contributed by atoms with Gasteiger partial charge in [-0.2, -0.15) is 0 Å². The zero-order chi connectivity index (χ0) is 31.2. The number of rotatable bonds is 15. The van der Waals surface area contributed by atoms with E-state index in [1.807, 2.05) is 52.9 Å². The first-order valence-corrected chi connectivity index (χ1v) is 16.6. The number of benzene rings is 1. The summed E-state index contributed by atoms with van der Waals surface area (Å²) in [6, 6.07) is 9.57. The van der Waals surface area contributed by atoms with E-state index in [1.165, 1.54) is 7.11 Å². The monoisotopic (exact) mass is 590 g/mol. The van der Waals surface area contributed by atoms with Gasteiger partial charge in [0.05, 0.1) is 24.5 Å². The highest BCUT2D eigenvalue weighted by molar-refractivity contribution is 5.95. The maximum Gasteiger partial charge on any atom is 0.308 e. The second kappa shape index (κ2) is 10.4. The van der Waals surface area contributed by atoms with Crippen LogP contribution in [0.15, 0.2) is 30.3 Å². The fourth-order valence-corrected chi connectivity index (χ4v) is 11.2. The lowest BCUT2D eigenvalue weighted by Crippen LogP contribution is -3.11. The molecule has 5 atom stereocenters. The van der Waals surface area contributed by atoms with Gasteiger partial charge in [0.25, 0.3) is 0 Å². The van der Waals surface area contributed by atoms with E-state index in [0.717, 1.165) is 12.0 Å². The molecule has 1 aromatic carbocycles. The van der Waals surface area contributed by atoms with Gasteiger partial charge in [0.15, 0.2) is 5.78 Å². The van der Waals surface area contributed by atoms with Crippen molar-refractivity contribution < 1.29 is 23.9 Å². The molecule has 234 valence electrons. The molecule has 0 aromatic heterocycles. The van der Waals surface area contributed by atoms with Crippen LogP contribution in [0.25, 0.3) is 0 Å². The first-order chi connectivity index (χ1) is 20.4. The van der Waals surface area contributed by atoms with Gasteiger partial charge in [0.2, 0.25) is 11.8 Å². The molecule has 2 amide bonds. The number of Topliss-reactive ketones (excluding diaryl/α,β-unsaturated/α-hetero) is 1. The van der Waals surface area contributed by atoms with E-state index in [9.17, 15) is 19.2 Å². The molecule has 6 fully saturated rings. The maximum absolute atomic E-state index is 13.9. The first-order valence-electron chi connectivity index (χ1n) is 16.6. The summed E-state index contributed by atoms with van der Waals surface area (Å²) < 4.78 is 4.97. The average Bonchev–Trinajstić information content (AvgIpc) is 2.99. The topological polar surface area (TPSA) is 92.8 Å². The van der Waals surface area contributed by atoms with E-state index >= 15 is 0 Å². The third-order valence-electron chi connectivity index (χ3n) is 13.2. The van der Waals surface area contributed by atoms with Crippen molar-refractivity contribution in [2.24, 2.45) is 70.0 Å². The van der Waals surface area contributed by atoms with Crippen molar-refractivity contribution in [1.82, 2.24) is 10.2 Å². The molecule has 0 heterocycles. The van der Waals surface area contributed by atoms with Crippen molar-refractivity contribution in [2.75, 3.05) is 14.2 Å². The Balaban J connectivity index is 1.10. The molecule has 0 saturated heterocycles. The molecule has 6 saturated carbocycles. The number of ether oxygens (including phenoxy) is 1. The number of hydrogen-bond acceptors (Lipinski definition) is 5. The number of hydrogen-bond donors (Lipinski definition) is 1. The van der Waals surface area contributed by atoms with Crippen LogP contribution < -0.4 is 5.32 Å². The third kappa shape index (κ3) is 3.78. The van der Waals surface area contributed by atoms with Crippen molar-refractivity contribution in [2.45, 2.75) is 79.3 Å². The van der Waals surface area contributed by atoms with E-state index < -0.39 is 6.04 Å². The van der Waals surface area contributed by atoms with Crippen LogP contribution in [0.4, 0.5) is 0 Å². The number of nitrogens with one attached hydrogen (secondary N) is 1. The van der Waals surface area contributed by atoms with Gasteiger partial charge in [0.1, 0.15) is 0 Å². The van der Waals surface area contributed by atoms with Crippen LogP contribution in [-0.4, -0.2) is 54.7 Å². The molecule has 0 spiro atoms. The highest BCUT2D eigenvalue weighted by Gasteiger charge is 3.11. The van der Waals surface area contributed by atoms with Crippen LogP contribution in [0, 0.1) is 70.0 Å². The predicted octanol–water partition coefficient (Wildman–Crippen LogP) is 4.78. The summed E-state index contributed by atoms with van der Waals surface area (Å²) in [7, 11) is 3.22. The van der Waals surface area contributed by atoms with E-state index in [-0.39, 0.29) is 64.1 Å². The number of ketones is 1. The molecule has 0 unspecified atom stereocenters. The van der Waals surface area contributed by atoms with Gasteiger partial charge < -0.3 is 15.0 Å². The van der Waals surface area contributed by atoms with Crippen molar-refractivity contribution in [3.05, 3.63) is 35.9 Å². The number of esters is 1. The van der Waals surface area contributed by atoms with Crippen LogP contribution in [0.5, 0.6) is 0 Å². The van der Waals surface area contributed by atoms with Gasteiger partial charge in [-0.1, -0.05) is 78.3 Å². The van der Waals surface area contributed by atoms with Crippen molar-refractivity contribution >= 4 is 23.6 Å². The summed E-state index contributed by atoms with van der Waals surface area (Å²) in [4.78, 5) is 55.1. The Kier molecular flexibility index (Phi) is 7.37. The van der Waals surface area contributed by atoms with Crippen LogP contribution >= 0.6 is 0 Å². The third-order valence-corrected chi connectivity index (χ3v) is 13.2. The Morgan fingerprint density at radius 1 is 0.930 bits per heavy atom. The summed E-state index contributed by atoms with van der Waals surface area (Å²) in [5, 5.41) is 3.39. The van der Waals surface area contributed by atoms with E-state index in [2.05, 4.69) is 31.3 Å². The molecule has 1 N–H and O–H groups in total. The van der Waals surface area contributed by atoms with E-state index in [4.69, 9.17) is 4.74 Å². The summed E-state index contributed by atoms with van der Waals surface area (Å²) in [5.41, 5.74) is 0.976. The summed E-state index contributed by atoms with van der Waals surface area (Å²) >= 11 is 0. The van der Waals surface area contributed by atoms with Gasteiger partial charge >= 0.3 is 5.97 Å². The molecule has 43 heavy (non-hydrogen) atoms. The van der Waals surface area contributed by atoms with Gasteiger partial charge in [0, 0.05) is 25.4 Å². The van der Waals surface area contributed by atoms with E-state index in [0.29, 0.717) is 54.8 Å². The largest absolute Gasteiger partial charge is 0.469 e. The molecule has 6 aliphatic carbocycles. The van der Waals surface area contributed by atoms with Crippen molar-refractivity contribution in [3.8, 4) is 0 Å². The molecule has 0 bridgehead atoms. The number of carbonyl (C=O) groups excluding carboxylic acids is 4. The maximum atomic E-state index is 13.9. The number of methoxy groups -OCH3 is 1. The number of amides is 2. The summed E-state index contributed by atoms with van der Waals surface area (Å²) in [6.45, 7) is 12.1. The molecular weight excluding hydrogens is 540 g/mol. The van der Waals surface area contributed by atoms with Gasteiger partial charge in [-0.05, 0) is 71.2 Å². The number of nitrogens with zero attached hydrogens (tertiary/aromatic N) is 1. The minimum Gasteiger partial charge on any atom is -0.469 e. The lowest BCUT2D eigenvalue weighted by molar-refractivity contribution is -0.640. The van der Waals surface area contributed by atoms with Crippen LogP contribution in [0.3, 0.4) is 0 Å². The number of carbonyl (C=O) groups is 4. The Morgan fingerprint density at radius 3 is 2.02 bits per heavy atom. The minimum atomic E-state index is -0.396. The fraction of sp³-hybridized carbons (Fsp3) is 0.722. The van der Waals surface area contributed by atoms with Gasteiger partial charge in [-0.3, -0.25) is 19.2 Å². The second-order valence-corrected chi connectivity index (χ2v) is 15.2. The molecule has 0 aliphatic heterocycles. The molecule has 0 radical (unpaired) electrons. The highest BCUT2D eigenvalue weighted by atomic mass is 16.5. The molecule has 7 heteroatoms. The van der Waals surface area contributed by atoms with Crippen molar-refractivity contribution in [1.29, 1.82) is 0 Å². The zero-order valence-electron chi connectivity index (χ0n) is 27.1. The Morgan fingerprint density at radius 2 is 1.51 bits per heavy atom. The molecule has 6 aliphatic rings. The van der Waals surface area contributed by atoms with Crippen LogP contribution in [0.2, 0.25) is 0 Å². The minimum absolute atomic E-state index is 0.0592. The molecule has 1 aromatic rings. The predicted molar refractivity (Wildman–Crippen MR) is 163 cm³/mol. The van der Waals surface area contributed by atoms with Crippen molar-refractivity contribution in [3.63, 3.8) is 0 Å². The fourth-order valence-electron chi connectivity index (χ4n) is 11.2. The molecule has 7 rings (SSSR count). The lowest BCUT2D eigenvalue weighted by atomic mass is 8.92. The Bertz CT molecular complexity index is 1250. The molecule has 7 nitrogen and oxygen atoms in total. The molecular formula is C36H50N2O5. The SMILES string of the molecule is CC[C@@H](C)[C@H](C)C(=O)N(C)[C@H](C(=O)CC12C3C4C1C1C2C3C41C(=O)N[C@@H](Cc1ccccc1)C[C@H](C)C(=O)OC)C(C)C. The van der Waals surface area contributed by atoms with Crippen LogP contribution in [0.1, 0.15) is 66.4 Å². The highest BCUT2D eigenvalue weighted by Crippen LogP contribution is 3.10. The summed E-state index contributed by atoms with van der Waals surface area (Å²) in [5.74, 6) is 2.77. The Labute approximate surface area is 256 Å². The van der Waals surface area contributed by atoms with Gasteiger partial charge in [-0.15, -0.1) is 0 Å². The average molecular weight is 591 g/mol. The quantitative estimate of drug-likeness (QED) is 0.297. The normalized spacial score (nSPS) is 36.6. The smallest absolute Gasteiger partial charge is 0.308 e. The van der Waals surface area contributed by atoms with E-state index in [1.54, 1.807) is 4.90 Å². The second-order valence-electron chi connectivity index (χ2n) is 15.2. The standard InChI is InChI=1S/C36H50N2O5/c1-9-19(4)21(6)32(40)38(7)31(18(2)3)24(39)17-35-25-28-26(35)30-27(35)29(25)36(28,30)34(42)37-23(15-20(5)33(41)43-8)16-22-13-11-10-12-14-22/h10-14,18-21,23,25-31H,9,15-17H2,1-8H3,(H,37,42)/t19-,20+,21+,23-,25?,26?,27?,28?,29?,30?,31+,35?,36?/m1/s1. The zero-order valence-corrected chi connectivity index (χ0v) is 27.1. The first kappa shape index (κ1) is 30.3. The van der Waals surface area contributed by atoms with Gasteiger partial charge in [-0.25, -0.2) is 0 Å². The number of likely N-dealkylation sites (N-methyl/N-ethyl adjacent to an activating group) is 1. The Hall–Kier alpha value is -2.70. The summed E-state index contributed by atoms with van der Waals surface area (Å²) in [6.07, 6.45) is 2.71. The van der Waals surface area contributed by atoms with Crippen LogP contribution in [-0.2, 0) is 30.3 Å². The lowest BCUT2D eigenvalue weighted by Gasteiger charge is -3.11.